The van der Waals surface area contributed by atoms with Crippen molar-refractivity contribution in [1.29, 1.82) is 0 Å². The van der Waals surface area contributed by atoms with Crippen molar-refractivity contribution in [1.82, 2.24) is 0 Å². The van der Waals surface area contributed by atoms with Crippen LogP contribution in [0.1, 0.15) is 38.3 Å². The molecule has 0 radical (unpaired) electrons. The highest BCUT2D eigenvalue weighted by molar-refractivity contribution is 5.86. The van der Waals surface area contributed by atoms with Crippen molar-refractivity contribution >= 4 is 11.4 Å². The molecule has 1 atom stereocenters. The highest BCUT2D eigenvalue weighted by Crippen LogP contribution is 2.21. The smallest absolute Gasteiger partial charge is 0.0658 e. The van der Waals surface area contributed by atoms with Crippen LogP contribution in [0.5, 0.6) is 0 Å². The van der Waals surface area contributed by atoms with Gasteiger partial charge in [-0.05, 0) is 44.7 Å². The number of nitrogens with zero attached hydrogens (tertiary/aromatic N) is 1. The van der Waals surface area contributed by atoms with Crippen LogP contribution in [0, 0.1) is 19.8 Å². The lowest BCUT2D eigenvalue weighted by Crippen LogP contribution is -2.04. The SMILES string of the molecule is CCC(C)C(C)=Nc1ccc(C)cc1C. The molecule has 1 rings (SSSR count). The third-order valence-electron chi connectivity index (χ3n) is 2.97. The van der Waals surface area contributed by atoms with Crippen LogP contribution in [0.25, 0.3) is 0 Å². The number of benzene rings is 1. The van der Waals surface area contributed by atoms with Gasteiger partial charge < -0.3 is 0 Å². The number of hydrogen-bond acceptors (Lipinski definition) is 1. The molecule has 0 spiro atoms. The average molecular weight is 203 g/mol. The Hall–Kier alpha value is -1.11. The van der Waals surface area contributed by atoms with E-state index in [0.29, 0.717) is 5.92 Å². The van der Waals surface area contributed by atoms with Crippen molar-refractivity contribution in [3.8, 4) is 0 Å². The maximum atomic E-state index is 4.69. The number of rotatable bonds is 3. The van der Waals surface area contributed by atoms with Gasteiger partial charge in [-0.2, -0.15) is 0 Å². The largest absolute Gasteiger partial charge is 0.258 e. The van der Waals surface area contributed by atoms with Crippen molar-refractivity contribution in [3.05, 3.63) is 29.3 Å². The summed E-state index contributed by atoms with van der Waals surface area (Å²) in [7, 11) is 0. The summed E-state index contributed by atoms with van der Waals surface area (Å²) < 4.78 is 0. The van der Waals surface area contributed by atoms with E-state index in [-0.39, 0.29) is 0 Å². The summed E-state index contributed by atoms with van der Waals surface area (Å²) in [5.74, 6) is 0.575. The van der Waals surface area contributed by atoms with Crippen molar-refractivity contribution in [2.75, 3.05) is 0 Å². The first-order valence-electron chi connectivity index (χ1n) is 5.67. The number of aryl methyl sites for hydroxylation is 2. The first kappa shape index (κ1) is 12.0. The van der Waals surface area contributed by atoms with E-state index in [1.807, 2.05) is 0 Å². The number of hydrogen-bond donors (Lipinski definition) is 0. The van der Waals surface area contributed by atoms with Gasteiger partial charge in [-0.3, -0.25) is 4.99 Å². The molecule has 0 heterocycles. The van der Waals surface area contributed by atoms with Gasteiger partial charge in [0.15, 0.2) is 0 Å². The lowest BCUT2D eigenvalue weighted by Gasteiger charge is -2.09. The van der Waals surface area contributed by atoms with E-state index in [4.69, 9.17) is 0 Å². The average Bonchev–Trinajstić information content (AvgIpc) is 2.20. The highest BCUT2D eigenvalue weighted by Gasteiger charge is 2.03. The molecule has 0 aliphatic carbocycles. The quantitative estimate of drug-likeness (QED) is 0.644. The normalized spacial score (nSPS) is 14.1. The van der Waals surface area contributed by atoms with Crippen LogP contribution in [0.4, 0.5) is 5.69 Å². The Labute approximate surface area is 93.2 Å². The van der Waals surface area contributed by atoms with Gasteiger partial charge in [0.2, 0.25) is 0 Å². The van der Waals surface area contributed by atoms with E-state index in [2.05, 4.69) is 57.8 Å². The second-order valence-electron chi connectivity index (χ2n) is 4.35. The van der Waals surface area contributed by atoms with Crippen molar-refractivity contribution in [3.63, 3.8) is 0 Å². The lowest BCUT2D eigenvalue weighted by molar-refractivity contribution is 0.736. The van der Waals surface area contributed by atoms with Crippen LogP contribution in [-0.4, -0.2) is 5.71 Å². The summed E-state index contributed by atoms with van der Waals surface area (Å²) in [5.41, 5.74) is 4.90. The van der Waals surface area contributed by atoms with E-state index in [0.717, 1.165) is 12.1 Å². The second-order valence-corrected chi connectivity index (χ2v) is 4.35. The van der Waals surface area contributed by atoms with Crippen LogP contribution in [0.2, 0.25) is 0 Å². The Bertz CT molecular complexity index is 364. The van der Waals surface area contributed by atoms with Gasteiger partial charge in [0.25, 0.3) is 0 Å². The van der Waals surface area contributed by atoms with Crippen LogP contribution in [0.15, 0.2) is 23.2 Å². The third-order valence-corrected chi connectivity index (χ3v) is 2.97. The fourth-order valence-electron chi connectivity index (χ4n) is 1.53. The Kier molecular flexibility index (Phi) is 4.07. The van der Waals surface area contributed by atoms with Gasteiger partial charge in [-0.1, -0.05) is 31.5 Å². The highest BCUT2D eigenvalue weighted by atomic mass is 14.7. The zero-order chi connectivity index (χ0) is 11.4. The minimum atomic E-state index is 0.575. The molecule has 0 amide bonds. The Balaban J connectivity index is 2.98. The monoisotopic (exact) mass is 203 g/mol. The summed E-state index contributed by atoms with van der Waals surface area (Å²) >= 11 is 0. The van der Waals surface area contributed by atoms with E-state index >= 15 is 0 Å². The fourth-order valence-corrected chi connectivity index (χ4v) is 1.53. The van der Waals surface area contributed by atoms with Crippen LogP contribution < -0.4 is 0 Å². The van der Waals surface area contributed by atoms with Gasteiger partial charge in [0.1, 0.15) is 0 Å². The summed E-state index contributed by atoms with van der Waals surface area (Å²) in [5, 5.41) is 0. The molecular formula is C14H21N. The van der Waals surface area contributed by atoms with Crippen LogP contribution >= 0.6 is 0 Å². The van der Waals surface area contributed by atoms with Crippen molar-refractivity contribution < 1.29 is 0 Å². The van der Waals surface area contributed by atoms with Crippen LogP contribution in [0.3, 0.4) is 0 Å². The van der Waals surface area contributed by atoms with Gasteiger partial charge in [0.05, 0.1) is 5.69 Å². The van der Waals surface area contributed by atoms with Gasteiger partial charge in [-0.25, -0.2) is 0 Å². The first-order valence-corrected chi connectivity index (χ1v) is 5.67. The third kappa shape index (κ3) is 3.19. The van der Waals surface area contributed by atoms with Gasteiger partial charge in [0, 0.05) is 5.71 Å². The molecule has 15 heavy (non-hydrogen) atoms. The summed E-state index contributed by atoms with van der Waals surface area (Å²) in [6.07, 6.45) is 1.15. The molecule has 0 aromatic heterocycles. The molecule has 0 saturated heterocycles. The molecule has 1 nitrogen and oxygen atoms in total. The molecular weight excluding hydrogens is 182 g/mol. The maximum absolute atomic E-state index is 4.69. The Morgan fingerprint density at radius 1 is 1.33 bits per heavy atom. The van der Waals surface area contributed by atoms with Gasteiger partial charge >= 0.3 is 0 Å². The Morgan fingerprint density at radius 2 is 2.00 bits per heavy atom. The fraction of sp³-hybridized carbons (Fsp3) is 0.500. The molecule has 1 aromatic carbocycles. The molecule has 0 fully saturated rings. The zero-order valence-corrected chi connectivity index (χ0v) is 10.5. The maximum Gasteiger partial charge on any atom is 0.0658 e. The summed E-state index contributed by atoms with van der Waals surface area (Å²) in [6.45, 7) is 10.8. The summed E-state index contributed by atoms with van der Waals surface area (Å²) in [6, 6.07) is 6.41. The molecule has 1 aromatic rings. The predicted molar refractivity (Wildman–Crippen MR) is 68.1 cm³/mol. The van der Waals surface area contributed by atoms with Crippen LogP contribution in [-0.2, 0) is 0 Å². The molecule has 82 valence electrons. The molecule has 0 bridgehead atoms. The van der Waals surface area contributed by atoms with E-state index in [1.54, 1.807) is 0 Å². The zero-order valence-electron chi connectivity index (χ0n) is 10.5. The minimum Gasteiger partial charge on any atom is -0.258 e. The molecule has 0 saturated carbocycles. The van der Waals surface area contributed by atoms with Crippen molar-refractivity contribution in [2.45, 2.75) is 41.0 Å². The number of aliphatic imine (C=N–C) groups is 1. The minimum absolute atomic E-state index is 0.575. The second kappa shape index (κ2) is 5.11. The first-order chi connectivity index (χ1) is 7.04. The molecule has 0 N–H and O–H groups in total. The van der Waals surface area contributed by atoms with Crippen molar-refractivity contribution in [2.24, 2.45) is 10.9 Å². The molecule has 0 aliphatic rings. The molecule has 0 aliphatic heterocycles. The van der Waals surface area contributed by atoms with E-state index in [1.165, 1.54) is 16.8 Å². The molecule has 1 heteroatoms. The predicted octanol–water partition coefficient (Wildman–Crippen LogP) is 4.44. The van der Waals surface area contributed by atoms with E-state index < -0.39 is 0 Å². The van der Waals surface area contributed by atoms with Gasteiger partial charge in [-0.15, -0.1) is 0 Å². The Morgan fingerprint density at radius 3 is 2.53 bits per heavy atom. The topological polar surface area (TPSA) is 12.4 Å². The summed E-state index contributed by atoms with van der Waals surface area (Å²) in [4.78, 5) is 4.69. The van der Waals surface area contributed by atoms with E-state index in [9.17, 15) is 0 Å². The molecule has 1 unspecified atom stereocenters. The lowest BCUT2D eigenvalue weighted by atomic mass is 10.0. The standard InChI is InChI=1S/C14H21N/c1-6-11(3)13(5)15-14-8-7-10(2)9-12(14)4/h7-9,11H,6H2,1-5H3.